The van der Waals surface area contributed by atoms with E-state index in [-0.39, 0.29) is 0 Å². The first-order valence-electron chi connectivity index (χ1n) is 8.75. The predicted octanol–water partition coefficient (Wildman–Crippen LogP) is 1.15. The molecule has 7 nitrogen and oxygen atoms in total. The fourth-order valence-electron chi connectivity index (χ4n) is 2.92. The van der Waals surface area contributed by atoms with Crippen LogP contribution in [-0.2, 0) is 25.9 Å². The number of nitrogens with one attached hydrogen (secondary N) is 1. The molecule has 1 aromatic carbocycles. The van der Waals surface area contributed by atoms with Crippen LogP contribution in [-0.4, -0.2) is 72.6 Å². The third kappa shape index (κ3) is 6.26. The molecule has 1 aromatic rings. The molecule has 2 rings (SSSR count). The van der Waals surface area contributed by atoms with Crippen molar-refractivity contribution in [2.24, 2.45) is 10.9 Å². The summed E-state index contributed by atoms with van der Waals surface area (Å²) in [5, 5.41) is 3.35. The standard InChI is InChI=1S/C18H29N3O4S/c1-19-18(21-9-8-16(13-21)14-25-11-10-24-2)20-12-15-4-6-17(7-5-15)26(3,22)23/h4-7,16H,8-14H2,1-3H3,(H,19,20). The van der Waals surface area contributed by atoms with E-state index in [2.05, 4.69) is 15.2 Å². The average Bonchev–Trinajstić information content (AvgIpc) is 3.08. The highest BCUT2D eigenvalue weighted by atomic mass is 32.2. The van der Waals surface area contributed by atoms with Crippen LogP contribution in [0.2, 0.25) is 0 Å². The van der Waals surface area contributed by atoms with Crippen molar-refractivity contribution in [2.75, 3.05) is 53.3 Å². The highest BCUT2D eigenvalue weighted by Gasteiger charge is 2.24. The second-order valence-electron chi connectivity index (χ2n) is 6.49. The zero-order chi connectivity index (χ0) is 19.0. The van der Waals surface area contributed by atoms with Gasteiger partial charge in [-0.2, -0.15) is 0 Å². The van der Waals surface area contributed by atoms with Crippen LogP contribution in [0.15, 0.2) is 34.2 Å². The minimum atomic E-state index is -3.16. The number of nitrogens with zero attached hydrogens (tertiary/aromatic N) is 2. The number of hydrogen-bond donors (Lipinski definition) is 1. The molecule has 26 heavy (non-hydrogen) atoms. The first kappa shape index (κ1) is 20.7. The summed E-state index contributed by atoms with van der Waals surface area (Å²) in [7, 11) is 0.289. The van der Waals surface area contributed by atoms with Crippen molar-refractivity contribution in [3.05, 3.63) is 29.8 Å². The molecular weight excluding hydrogens is 354 g/mol. The lowest BCUT2D eigenvalue weighted by Gasteiger charge is -2.22. The van der Waals surface area contributed by atoms with Gasteiger partial charge in [-0.1, -0.05) is 12.1 Å². The number of benzene rings is 1. The minimum Gasteiger partial charge on any atom is -0.382 e. The molecule has 1 N–H and O–H groups in total. The van der Waals surface area contributed by atoms with Crippen LogP contribution in [0, 0.1) is 5.92 Å². The summed E-state index contributed by atoms with van der Waals surface area (Å²) in [6.07, 6.45) is 2.29. The van der Waals surface area contributed by atoms with Gasteiger partial charge in [-0.05, 0) is 24.1 Å². The maximum Gasteiger partial charge on any atom is 0.193 e. The summed E-state index contributed by atoms with van der Waals surface area (Å²) in [5.74, 6) is 1.36. The van der Waals surface area contributed by atoms with Gasteiger partial charge in [0.25, 0.3) is 0 Å². The van der Waals surface area contributed by atoms with Gasteiger partial charge in [0.05, 0.1) is 24.7 Å². The van der Waals surface area contributed by atoms with Crippen molar-refractivity contribution in [1.82, 2.24) is 10.2 Å². The van der Waals surface area contributed by atoms with Crippen LogP contribution >= 0.6 is 0 Å². The first-order chi connectivity index (χ1) is 12.4. The number of ether oxygens (including phenoxy) is 2. The van der Waals surface area contributed by atoms with Crippen LogP contribution in [0.5, 0.6) is 0 Å². The summed E-state index contributed by atoms with van der Waals surface area (Å²) in [6.45, 7) is 4.46. The number of methoxy groups -OCH3 is 1. The fourth-order valence-corrected chi connectivity index (χ4v) is 3.55. The van der Waals surface area contributed by atoms with Gasteiger partial charge in [-0.25, -0.2) is 8.42 Å². The summed E-state index contributed by atoms with van der Waals surface area (Å²) in [5.41, 5.74) is 1.01. The lowest BCUT2D eigenvalue weighted by Crippen LogP contribution is -2.39. The Morgan fingerprint density at radius 3 is 2.65 bits per heavy atom. The summed E-state index contributed by atoms with van der Waals surface area (Å²) >= 11 is 0. The molecule has 0 amide bonds. The van der Waals surface area contributed by atoms with Crippen LogP contribution in [0.3, 0.4) is 0 Å². The second kappa shape index (κ2) is 9.89. The number of likely N-dealkylation sites (tertiary alicyclic amines) is 1. The van der Waals surface area contributed by atoms with Gasteiger partial charge in [-0.3, -0.25) is 4.99 Å². The van der Waals surface area contributed by atoms with E-state index >= 15 is 0 Å². The molecule has 1 unspecified atom stereocenters. The minimum absolute atomic E-state index is 0.335. The monoisotopic (exact) mass is 383 g/mol. The molecule has 1 atom stereocenters. The topological polar surface area (TPSA) is 80.2 Å². The summed E-state index contributed by atoms with van der Waals surface area (Å²) in [4.78, 5) is 6.93. The lowest BCUT2D eigenvalue weighted by atomic mass is 10.1. The van der Waals surface area contributed by atoms with Crippen LogP contribution in [0.25, 0.3) is 0 Å². The maximum atomic E-state index is 11.5. The molecule has 1 heterocycles. The Hall–Kier alpha value is -1.64. The van der Waals surface area contributed by atoms with Crippen molar-refractivity contribution < 1.29 is 17.9 Å². The molecule has 1 fully saturated rings. The van der Waals surface area contributed by atoms with E-state index in [0.717, 1.165) is 37.6 Å². The Kier molecular flexibility index (Phi) is 7.86. The van der Waals surface area contributed by atoms with Gasteiger partial charge in [0, 0.05) is 46.0 Å². The molecule has 0 radical (unpaired) electrons. The molecule has 1 aliphatic heterocycles. The van der Waals surface area contributed by atoms with E-state index in [1.54, 1.807) is 26.3 Å². The Bertz CT molecular complexity index is 689. The quantitative estimate of drug-likeness (QED) is 0.412. The number of guanidine groups is 1. The van der Waals surface area contributed by atoms with Gasteiger partial charge >= 0.3 is 0 Å². The van der Waals surface area contributed by atoms with Gasteiger partial charge in [-0.15, -0.1) is 0 Å². The Balaban J connectivity index is 1.81. The third-order valence-corrected chi connectivity index (χ3v) is 5.51. The largest absolute Gasteiger partial charge is 0.382 e. The van der Waals surface area contributed by atoms with E-state index in [1.807, 2.05) is 12.1 Å². The molecule has 146 valence electrons. The van der Waals surface area contributed by atoms with Crippen molar-refractivity contribution in [3.63, 3.8) is 0 Å². The molecular formula is C18H29N3O4S. The number of sulfone groups is 1. The molecule has 1 saturated heterocycles. The Morgan fingerprint density at radius 1 is 1.31 bits per heavy atom. The van der Waals surface area contributed by atoms with E-state index in [0.29, 0.717) is 30.6 Å². The zero-order valence-electron chi connectivity index (χ0n) is 15.8. The Morgan fingerprint density at radius 2 is 2.04 bits per heavy atom. The highest BCUT2D eigenvalue weighted by molar-refractivity contribution is 7.90. The van der Waals surface area contributed by atoms with E-state index in [4.69, 9.17) is 9.47 Å². The van der Waals surface area contributed by atoms with Gasteiger partial charge in [0.1, 0.15) is 0 Å². The zero-order valence-corrected chi connectivity index (χ0v) is 16.6. The van der Waals surface area contributed by atoms with Crippen LogP contribution < -0.4 is 5.32 Å². The van der Waals surface area contributed by atoms with Crippen LogP contribution in [0.4, 0.5) is 0 Å². The SMILES string of the molecule is CN=C(NCc1ccc(S(C)(=O)=O)cc1)N1CCC(COCCOC)C1. The van der Waals surface area contributed by atoms with Crippen LogP contribution in [0.1, 0.15) is 12.0 Å². The molecule has 0 aliphatic carbocycles. The number of hydrogen-bond acceptors (Lipinski definition) is 5. The van der Waals surface area contributed by atoms with Gasteiger partial charge < -0.3 is 19.7 Å². The molecule has 0 bridgehead atoms. The summed E-state index contributed by atoms with van der Waals surface area (Å²) < 4.78 is 33.6. The first-order valence-corrected chi connectivity index (χ1v) is 10.6. The van der Waals surface area contributed by atoms with E-state index in [1.165, 1.54) is 6.26 Å². The second-order valence-corrected chi connectivity index (χ2v) is 8.50. The van der Waals surface area contributed by atoms with E-state index in [9.17, 15) is 8.42 Å². The summed E-state index contributed by atoms with van der Waals surface area (Å²) in [6, 6.07) is 6.93. The number of rotatable bonds is 8. The molecule has 1 aliphatic rings. The normalized spacial score (nSPS) is 18.3. The third-order valence-electron chi connectivity index (χ3n) is 4.38. The van der Waals surface area contributed by atoms with Gasteiger partial charge in [0.2, 0.25) is 0 Å². The van der Waals surface area contributed by atoms with Crippen molar-refractivity contribution in [2.45, 2.75) is 17.9 Å². The average molecular weight is 384 g/mol. The molecule has 0 aromatic heterocycles. The highest BCUT2D eigenvalue weighted by Crippen LogP contribution is 2.17. The number of aliphatic imine (C=N–C) groups is 1. The van der Waals surface area contributed by atoms with Crippen molar-refractivity contribution in [3.8, 4) is 0 Å². The predicted molar refractivity (Wildman–Crippen MR) is 102 cm³/mol. The molecule has 0 spiro atoms. The fraction of sp³-hybridized carbons (Fsp3) is 0.611. The van der Waals surface area contributed by atoms with Crippen molar-refractivity contribution >= 4 is 15.8 Å². The molecule has 0 saturated carbocycles. The van der Waals surface area contributed by atoms with E-state index < -0.39 is 9.84 Å². The van der Waals surface area contributed by atoms with Gasteiger partial charge in [0.15, 0.2) is 15.8 Å². The Labute approximate surface area is 156 Å². The smallest absolute Gasteiger partial charge is 0.193 e. The lowest BCUT2D eigenvalue weighted by molar-refractivity contribution is 0.0536. The maximum absolute atomic E-state index is 11.5. The molecule has 8 heteroatoms. The van der Waals surface area contributed by atoms with Crippen molar-refractivity contribution in [1.29, 1.82) is 0 Å².